The van der Waals surface area contributed by atoms with Crippen LogP contribution < -0.4 is 10.8 Å². The van der Waals surface area contributed by atoms with Crippen molar-refractivity contribution in [2.75, 3.05) is 18.7 Å². The van der Waals surface area contributed by atoms with Crippen LogP contribution in [0.3, 0.4) is 0 Å². The lowest BCUT2D eigenvalue weighted by Crippen LogP contribution is -2.35. The number of aryl methyl sites for hydroxylation is 1. The monoisotopic (exact) mass is 518 g/mol. The number of imidazole rings is 1. The third kappa shape index (κ3) is 7.57. The number of nitrogens with two attached hydrogens (primary N) is 1. The zero-order chi connectivity index (χ0) is 26.3. The first kappa shape index (κ1) is 27.7. The highest BCUT2D eigenvalue weighted by Crippen LogP contribution is 2.44. The van der Waals surface area contributed by atoms with Crippen molar-refractivity contribution in [1.29, 1.82) is 0 Å². The molecule has 11 nitrogen and oxygen atoms in total. The van der Waals surface area contributed by atoms with Gasteiger partial charge in [-0.3, -0.25) is 9.36 Å². The summed E-state index contributed by atoms with van der Waals surface area (Å²) in [7, 11) is -3.61. The maximum atomic E-state index is 13.8. The number of benzene rings is 1. The quantitative estimate of drug-likeness (QED) is 0.254. The van der Waals surface area contributed by atoms with Gasteiger partial charge in [0.1, 0.15) is 24.2 Å². The lowest BCUT2D eigenvalue weighted by atomic mass is 10.1. The van der Waals surface area contributed by atoms with E-state index in [1.807, 2.05) is 52.0 Å². The number of carbonyl (C=O) groups excluding carboxylic acids is 1. The van der Waals surface area contributed by atoms with E-state index in [2.05, 4.69) is 20.0 Å². The van der Waals surface area contributed by atoms with Gasteiger partial charge in [-0.1, -0.05) is 38.1 Å². The number of hydrogen-bond acceptors (Lipinski definition) is 9. The minimum Gasteiger partial charge on any atom is -0.464 e. The first-order valence-corrected chi connectivity index (χ1v) is 13.6. The molecule has 196 valence electrons. The molecule has 0 fully saturated rings. The minimum atomic E-state index is -3.61. The molecule has 0 spiro atoms. The van der Waals surface area contributed by atoms with Gasteiger partial charge in [0.05, 0.1) is 32.2 Å². The van der Waals surface area contributed by atoms with Gasteiger partial charge < -0.3 is 24.3 Å². The van der Waals surface area contributed by atoms with Gasteiger partial charge >= 0.3 is 5.97 Å². The summed E-state index contributed by atoms with van der Waals surface area (Å²) in [5, 5.41) is 2.84. The van der Waals surface area contributed by atoms with Gasteiger partial charge in [-0.2, -0.15) is 0 Å². The SMILES string of the molecule is Cc1ccccc1COP(=O)(CO[C@H](C)Cn1cnc2c(N)ncnc21)N[C@@H](C)C(=O)OCC(C)C. The maximum Gasteiger partial charge on any atom is 0.323 e. The summed E-state index contributed by atoms with van der Waals surface area (Å²) < 4.78 is 32.7. The summed E-state index contributed by atoms with van der Waals surface area (Å²) in [4.78, 5) is 24.9. The van der Waals surface area contributed by atoms with Crippen LogP contribution in [0.4, 0.5) is 5.82 Å². The normalized spacial score (nSPS) is 15.1. The Kier molecular flexibility index (Phi) is 9.56. The summed E-state index contributed by atoms with van der Waals surface area (Å²) >= 11 is 0. The largest absolute Gasteiger partial charge is 0.464 e. The predicted molar refractivity (Wildman–Crippen MR) is 137 cm³/mol. The van der Waals surface area contributed by atoms with E-state index in [-0.39, 0.29) is 31.6 Å². The van der Waals surface area contributed by atoms with Crippen LogP contribution in [0.15, 0.2) is 36.9 Å². The van der Waals surface area contributed by atoms with Gasteiger partial charge in [0.25, 0.3) is 7.52 Å². The number of aromatic nitrogens is 4. The van der Waals surface area contributed by atoms with Crippen LogP contribution in [-0.4, -0.2) is 50.6 Å². The molecule has 0 aliphatic rings. The van der Waals surface area contributed by atoms with Gasteiger partial charge in [0, 0.05) is 0 Å². The topological polar surface area (TPSA) is 143 Å². The van der Waals surface area contributed by atoms with Crippen molar-refractivity contribution in [3.05, 3.63) is 48.0 Å². The van der Waals surface area contributed by atoms with Crippen molar-refractivity contribution >= 4 is 30.5 Å². The number of ether oxygens (including phenoxy) is 2. The molecule has 0 bridgehead atoms. The number of nitrogens with one attached hydrogen (secondary N) is 1. The molecule has 2 aromatic heterocycles. The average molecular weight is 519 g/mol. The third-order valence-corrected chi connectivity index (χ3v) is 7.22. The highest BCUT2D eigenvalue weighted by Gasteiger charge is 2.31. The van der Waals surface area contributed by atoms with E-state index in [0.29, 0.717) is 23.5 Å². The molecular formula is C24H35N6O5P. The molecule has 0 saturated heterocycles. The van der Waals surface area contributed by atoms with Crippen LogP contribution in [0.5, 0.6) is 0 Å². The Morgan fingerprint density at radius 2 is 1.92 bits per heavy atom. The molecule has 2 heterocycles. The summed E-state index contributed by atoms with van der Waals surface area (Å²) in [5.41, 5.74) is 8.85. The Balaban J connectivity index is 1.68. The Bertz CT molecular complexity index is 1220. The summed E-state index contributed by atoms with van der Waals surface area (Å²) in [6.07, 6.45) is 2.36. The van der Waals surface area contributed by atoms with Gasteiger partial charge in [0.2, 0.25) is 0 Å². The second kappa shape index (κ2) is 12.4. The summed E-state index contributed by atoms with van der Waals surface area (Å²) in [6, 6.07) is 6.82. The van der Waals surface area contributed by atoms with E-state index in [4.69, 9.17) is 19.7 Å². The van der Waals surface area contributed by atoms with Crippen molar-refractivity contribution in [3.8, 4) is 0 Å². The van der Waals surface area contributed by atoms with Crippen LogP contribution in [0.25, 0.3) is 11.2 Å². The Morgan fingerprint density at radius 1 is 1.17 bits per heavy atom. The van der Waals surface area contributed by atoms with Crippen molar-refractivity contribution in [2.24, 2.45) is 5.92 Å². The van der Waals surface area contributed by atoms with Crippen molar-refractivity contribution in [3.63, 3.8) is 0 Å². The Morgan fingerprint density at radius 3 is 2.64 bits per heavy atom. The number of nitrogen functional groups attached to an aromatic ring is 1. The zero-order valence-corrected chi connectivity index (χ0v) is 22.3. The standard InChI is InChI=1S/C24H35N6O5P/c1-16(2)11-33-24(31)19(5)29-36(32,35-12-20-9-7-6-8-17(20)3)15-34-18(4)10-30-14-28-21-22(25)26-13-27-23(21)30/h6-9,13-14,16,18-19H,10-12,15H2,1-5H3,(H,29,32)(H2,25,26,27)/t18-,19+,36?/m1/s1. The molecule has 1 unspecified atom stereocenters. The van der Waals surface area contributed by atoms with Crippen LogP contribution in [0.2, 0.25) is 0 Å². The molecule has 0 aliphatic carbocycles. The maximum absolute atomic E-state index is 13.8. The highest BCUT2D eigenvalue weighted by atomic mass is 31.2. The Labute approximate surface area is 211 Å². The number of fused-ring (bicyclic) bond motifs is 1. The molecule has 0 saturated carbocycles. The molecule has 0 amide bonds. The number of nitrogens with zero attached hydrogens (tertiary/aromatic N) is 4. The van der Waals surface area contributed by atoms with Gasteiger partial charge in [-0.05, 0) is 37.8 Å². The van der Waals surface area contributed by atoms with Crippen molar-refractivity contribution in [2.45, 2.75) is 59.9 Å². The molecule has 3 aromatic rings. The molecule has 0 radical (unpaired) electrons. The Hall–Kier alpha value is -2.85. The predicted octanol–water partition coefficient (Wildman–Crippen LogP) is 3.67. The summed E-state index contributed by atoms with van der Waals surface area (Å²) in [5.74, 6) is -0.0167. The molecule has 36 heavy (non-hydrogen) atoms. The molecule has 12 heteroatoms. The van der Waals surface area contributed by atoms with Gasteiger partial charge in [-0.15, -0.1) is 0 Å². The van der Waals surface area contributed by atoms with Crippen molar-refractivity contribution in [1.82, 2.24) is 24.6 Å². The first-order chi connectivity index (χ1) is 17.1. The van der Waals surface area contributed by atoms with Crippen LogP contribution in [0.1, 0.15) is 38.8 Å². The number of carbonyl (C=O) groups is 1. The number of anilines is 1. The second-order valence-electron chi connectivity index (χ2n) is 9.18. The smallest absolute Gasteiger partial charge is 0.323 e. The molecule has 3 rings (SSSR count). The minimum absolute atomic E-state index is 0.102. The van der Waals surface area contributed by atoms with Crippen LogP contribution in [-0.2, 0) is 36.5 Å². The molecule has 1 aromatic carbocycles. The number of rotatable bonds is 13. The summed E-state index contributed by atoms with van der Waals surface area (Å²) in [6.45, 7) is 10.0. The van der Waals surface area contributed by atoms with E-state index < -0.39 is 19.5 Å². The molecule has 3 atom stereocenters. The average Bonchev–Trinajstić information content (AvgIpc) is 3.24. The fourth-order valence-electron chi connectivity index (χ4n) is 3.37. The molecular weight excluding hydrogens is 483 g/mol. The molecule has 3 N–H and O–H groups in total. The lowest BCUT2D eigenvalue weighted by molar-refractivity contribution is -0.146. The van der Waals surface area contributed by atoms with Gasteiger partial charge in [0.15, 0.2) is 11.5 Å². The first-order valence-electron chi connectivity index (χ1n) is 11.8. The number of hydrogen-bond donors (Lipinski definition) is 2. The van der Waals surface area contributed by atoms with E-state index >= 15 is 0 Å². The van der Waals surface area contributed by atoms with E-state index in [0.717, 1.165) is 11.1 Å². The fourth-order valence-corrected chi connectivity index (χ4v) is 5.08. The zero-order valence-electron chi connectivity index (χ0n) is 21.4. The molecule has 0 aliphatic heterocycles. The number of esters is 1. The van der Waals surface area contributed by atoms with Gasteiger partial charge in [-0.25, -0.2) is 20.0 Å². The van der Waals surface area contributed by atoms with E-state index in [1.54, 1.807) is 17.8 Å². The van der Waals surface area contributed by atoms with Crippen LogP contribution in [0, 0.1) is 12.8 Å². The lowest BCUT2D eigenvalue weighted by Gasteiger charge is -2.25. The van der Waals surface area contributed by atoms with E-state index in [1.165, 1.54) is 6.33 Å². The van der Waals surface area contributed by atoms with E-state index in [9.17, 15) is 9.36 Å². The highest BCUT2D eigenvalue weighted by molar-refractivity contribution is 7.56. The third-order valence-electron chi connectivity index (χ3n) is 5.41. The fraction of sp³-hybridized carbons (Fsp3) is 0.500. The second-order valence-corrected chi connectivity index (χ2v) is 11.3. The van der Waals surface area contributed by atoms with Crippen LogP contribution >= 0.6 is 7.52 Å². The van der Waals surface area contributed by atoms with Crippen molar-refractivity contribution < 1.29 is 23.4 Å².